The summed E-state index contributed by atoms with van der Waals surface area (Å²) in [4.78, 5) is 20.4. The van der Waals surface area contributed by atoms with Gasteiger partial charge in [-0.05, 0) is 37.6 Å². The number of aromatic nitrogens is 2. The van der Waals surface area contributed by atoms with E-state index in [1.807, 2.05) is 48.8 Å². The molecular formula is C23H23N7. The van der Waals surface area contributed by atoms with Crippen LogP contribution in [0.4, 0.5) is 11.5 Å². The number of piperazine rings is 1. The molecule has 3 aromatic rings. The van der Waals surface area contributed by atoms with Crippen LogP contribution in [-0.2, 0) is 0 Å². The predicted octanol–water partition coefficient (Wildman–Crippen LogP) is 3.17. The van der Waals surface area contributed by atoms with Gasteiger partial charge >= 0.3 is 0 Å². The molecule has 2 aromatic carbocycles. The number of hydrogen-bond donors (Lipinski definition) is 0. The van der Waals surface area contributed by atoms with E-state index in [4.69, 9.17) is 4.98 Å². The Morgan fingerprint density at radius 1 is 1.07 bits per heavy atom. The van der Waals surface area contributed by atoms with Gasteiger partial charge in [0.1, 0.15) is 5.82 Å². The number of aliphatic imine (C=N–C) groups is 1. The molecule has 2 fully saturated rings. The number of para-hydroxylation sites is 3. The van der Waals surface area contributed by atoms with Gasteiger partial charge in [0.2, 0.25) is 12.2 Å². The average molecular weight is 397 g/mol. The maximum absolute atomic E-state index is 9.35. The van der Waals surface area contributed by atoms with Crippen molar-refractivity contribution in [1.82, 2.24) is 14.9 Å². The zero-order chi connectivity index (χ0) is 20.7. The van der Waals surface area contributed by atoms with E-state index in [9.17, 15) is 5.26 Å². The van der Waals surface area contributed by atoms with Crippen LogP contribution in [0.1, 0.15) is 12.5 Å². The second-order valence-electron chi connectivity index (χ2n) is 7.83. The third-order valence-electron chi connectivity index (χ3n) is 6.14. The molecule has 0 spiro atoms. The molecule has 0 amide bonds. The first kappa shape index (κ1) is 18.4. The van der Waals surface area contributed by atoms with Crippen LogP contribution < -0.4 is 9.80 Å². The standard InChI is InChI=1S/C23H23N7/c1-16-7-3-6-10-20(16)30-17(2)21-14-28(11-12-29(21)23(30)26-15-24)22-13-25-18-8-4-5-9-19(18)27-22/h3-10,13,17,21H,11-12,14H2,1-2H3. The molecule has 0 N–H and O–H groups in total. The van der Waals surface area contributed by atoms with Gasteiger partial charge in [0.15, 0.2) is 0 Å². The van der Waals surface area contributed by atoms with Gasteiger partial charge in [0.25, 0.3) is 0 Å². The van der Waals surface area contributed by atoms with Crippen molar-refractivity contribution in [2.75, 3.05) is 29.4 Å². The van der Waals surface area contributed by atoms with E-state index in [2.05, 4.69) is 50.7 Å². The van der Waals surface area contributed by atoms with Crippen molar-refractivity contribution >= 4 is 28.5 Å². The van der Waals surface area contributed by atoms with Crippen molar-refractivity contribution < 1.29 is 0 Å². The van der Waals surface area contributed by atoms with Crippen molar-refractivity contribution in [2.45, 2.75) is 25.9 Å². The monoisotopic (exact) mass is 397 g/mol. The van der Waals surface area contributed by atoms with Crippen LogP contribution in [-0.4, -0.2) is 52.5 Å². The molecule has 7 heteroatoms. The molecule has 5 rings (SSSR count). The minimum Gasteiger partial charge on any atom is -0.351 e. The Morgan fingerprint density at radius 2 is 1.83 bits per heavy atom. The molecule has 2 unspecified atom stereocenters. The molecule has 0 aliphatic carbocycles. The van der Waals surface area contributed by atoms with E-state index in [0.29, 0.717) is 0 Å². The largest absolute Gasteiger partial charge is 0.351 e. The highest BCUT2D eigenvalue weighted by molar-refractivity contribution is 6.00. The Labute approximate surface area is 175 Å². The minimum atomic E-state index is 0.175. The number of guanidine groups is 1. The van der Waals surface area contributed by atoms with Crippen LogP contribution in [0.3, 0.4) is 0 Å². The molecule has 2 atom stereocenters. The summed E-state index contributed by atoms with van der Waals surface area (Å²) in [6.45, 7) is 6.70. The molecule has 0 radical (unpaired) electrons. The van der Waals surface area contributed by atoms with Gasteiger partial charge in [-0.2, -0.15) is 5.26 Å². The second kappa shape index (κ2) is 7.30. The lowest BCUT2D eigenvalue weighted by Crippen LogP contribution is -2.54. The smallest absolute Gasteiger partial charge is 0.217 e. The van der Waals surface area contributed by atoms with Crippen LogP contribution in [0.5, 0.6) is 0 Å². The maximum atomic E-state index is 9.35. The highest BCUT2D eigenvalue weighted by atomic mass is 15.5. The van der Waals surface area contributed by atoms with Gasteiger partial charge in [0.05, 0.1) is 29.3 Å². The fourth-order valence-corrected chi connectivity index (χ4v) is 4.60. The summed E-state index contributed by atoms with van der Waals surface area (Å²) in [6.07, 6.45) is 3.88. The Morgan fingerprint density at radius 3 is 2.63 bits per heavy atom. The van der Waals surface area contributed by atoms with Crippen LogP contribution in [0, 0.1) is 18.4 Å². The normalized spacial score (nSPS) is 22.4. The lowest BCUT2D eigenvalue weighted by atomic mass is 10.1. The number of anilines is 2. The molecule has 2 aliphatic heterocycles. The zero-order valence-corrected chi connectivity index (χ0v) is 17.1. The lowest BCUT2D eigenvalue weighted by molar-refractivity contribution is 0.288. The Bertz CT molecular complexity index is 1170. The molecule has 3 heterocycles. The second-order valence-corrected chi connectivity index (χ2v) is 7.83. The number of fused-ring (bicyclic) bond motifs is 2. The summed E-state index contributed by atoms with van der Waals surface area (Å²) < 4.78 is 0. The molecule has 30 heavy (non-hydrogen) atoms. The summed E-state index contributed by atoms with van der Waals surface area (Å²) in [5.74, 6) is 1.64. The number of nitrogens with zero attached hydrogens (tertiary/aromatic N) is 7. The molecular weight excluding hydrogens is 374 g/mol. The quantitative estimate of drug-likeness (QED) is 0.619. The van der Waals surface area contributed by atoms with E-state index < -0.39 is 0 Å². The van der Waals surface area contributed by atoms with E-state index >= 15 is 0 Å². The summed E-state index contributed by atoms with van der Waals surface area (Å²) in [7, 11) is 0. The number of rotatable bonds is 2. The highest BCUT2D eigenvalue weighted by Crippen LogP contribution is 2.34. The van der Waals surface area contributed by atoms with Crippen molar-refractivity contribution in [3.63, 3.8) is 0 Å². The van der Waals surface area contributed by atoms with E-state index in [1.54, 1.807) is 0 Å². The SMILES string of the molecule is Cc1ccccc1N1C(=NC#N)N2CCN(c3cnc4ccccc4n3)CC2C1C. The maximum Gasteiger partial charge on any atom is 0.217 e. The van der Waals surface area contributed by atoms with Gasteiger partial charge in [-0.25, -0.2) is 4.98 Å². The van der Waals surface area contributed by atoms with Crippen LogP contribution >= 0.6 is 0 Å². The number of benzene rings is 2. The number of aryl methyl sites for hydroxylation is 1. The molecule has 2 saturated heterocycles. The summed E-state index contributed by atoms with van der Waals surface area (Å²) in [5.41, 5.74) is 4.09. The van der Waals surface area contributed by atoms with Crippen molar-refractivity contribution in [1.29, 1.82) is 5.26 Å². The van der Waals surface area contributed by atoms with E-state index in [1.165, 1.54) is 5.56 Å². The zero-order valence-electron chi connectivity index (χ0n) is 17.1. The predicted molar refractivity (Wildman–Crippen MR) is 118 cm³/mol. The average Bonchev–Trinajstić information content (AvgIpc) is 3.05. The highest BCUT2D eigenvalue weighted by Gasteiger charge is 2.45. The lowest BCUT2D eigenvalue weighted by Gasteiger charge is -2.38. The van der Waals surface area contributed by atoms with Crippen LogP contribution in [0.2, 0.25) is 0 Å². The Hall–Kier alpha value is -3.66. The first-order valence-electron chi connectivity index (χ1n) is 10.2. The van der Waals surface area contributed by atoms with Crippen molar-refractivity contribution in [3.8, 4) is 6.19 Å². The summed E-state index contributed by atoms with van der Waals surface area (Å²) >= 11 is 0. The first-order valence-corrected chi connectivity index (χ1v) is 10.2. The molecule has 0 saturated carbocycles. The Kier molecular flexibility index (Phi) is 4.47. The topological polar surface area (TPSA) is 71.7 Å². The van der Waals surface area contributed by atoms with Crippen LogP contribution in [0.15, 0.2) is 59.7 Å². The first-order chi connectivity index (χ1) is 14.7. The van der Waals surface area contributed by atoms with Gasteiger partial charge in [-0.3, -0.25) is 4.98 Å². The number of hydrogen-bond acceptors (Lipinski definition) is 5. The molecule has 1 aromatic heterocycles. The van der Waals surface area contributed by atoms with Gasteiger partial charge in [-0.15, -0.1) is 4.99 Å². The molecule has 2 aliphatic rings. The third-order valence-corrected chi connectivity index (χ3v) is 6.14. The number of nitriles is 1. The van der Waals surface area contributed by atoms with Crippen molar-refractivity contribution in [2.24, 2.45) is 4.99 Å². The fraction of sp³-hybridized carbons (Fsp3) is 0.304. The fourth-order valence-electron chi connectivity index (χ4n) is 4.60. The van der Waals surface area contributed by atoms with E-state index in [-0.39, 0.29) is 12.1 Å². The van der Waals surface area contributed by atoms with E-state index in [0.717, 1.165) is 48.1 Å². The van der Waals surface area contributed by atoms with Gasteiger partial charge in [0, 0.05) is 25.3 Å². The minimum absolute atomic E-state index is 0.175. The Balaban J connectivity index is 1.48. The molecule has 0 bridgehead atoms. The van der Waals surface area contributed by atoms with Crippen molar-refractivity contribution in [3.05, 3.63) is 60.3 Å². The van der Waals surface area contributed by atoms with Crippen LogP contribution in [0.25, 0.3) is 11.0 Å². The molecule has 7 nitrogen and oxygen atoms in total. The third kappa shape index (κ3) is 2.92. The van der Waals surface area contributed by atoms with Gasteiger partial charge in [-0.1, -0.05) is 30.3 Å². The molecule has 150 valence electrons. The summed E-state index contributed by atoms with van der Waals surface area (Å²) in [5, 5.41) is 9.35. The summed E-state index contributed by atoms with van der Waals surface area (Å²) in [6, 6.07) is 16.6. The van der Waals surface area contributed by atoms with Gasteiger partial charge < -0.3 is 14.7 Å².